The Kier molecular flexibility index (Phi) is 5.08. The van der Waals surface area contributed by atoms with Crippen LogP contribution in [-0.2, 0) is 0 Å². The molecule has 154 valence electrons. The maximum Gasteiger partial charge on any atom is 0.407 e. The monoisotopic (exact) mass is 405 g/mol. The lowest BCUT2D eigenvalue weighted by atomic mass is 9.95. The molecule has 0 radical (unpaired) electrons. The fourth-order valence-electron chi connectivity index (χ4n) is 3.89. The van der Waals surface area contributed by atoms with Crippen molar-refractivity contribution in [3.8, 4) is 0 Å². The molecule has 4 N–H and O–H groups in total. The first-order chi connectivity index (χ1) is 13.8. The van der Waals surface area contributed by atoms with E-state index < -0.39 is 12.2 Å². The maximum atomic E-state index is 12.8. The smallest absolute Gasteiger partial charge is 0.338 e. The Balaban J connectivity index is 1.67. The van der Waals surface area contributed by atoms with Crippen LogP contribution in [-0.4, -0.2) is 20.9 Å². The van der Waals surface area contributed by atoms with Crippen molar-refractivity contribution in [1.29, 1.82) is 0 Å². The summed E-state index contributed by atoms with van der Waals surface area (Å²) in [7, 11) is 0. The molecule has 1 fully saturated rings. The van der Waals surface area contributed by atoms with Gasteiger partial charge in [-0.1, -0.05) is 31.4 Å². The van der Waals surface area contributed by atoms with Crippen LogP contribution in [0.5, 0.6) is 0 Å². The number of alkyl halides is 3. The van der Waals surface area contributed by atoms with E-state index in [-0.39, 0.29) is 17.2 Å². The molecule has 3 aromatic rings. The highest BCUT2D eigenvalue weighted by molar-refractivity contribution is 5.91. The van der Waals surface area contributed by atoms with Gasteiger partial charge in [0.15, 0.2) is 5.82 Å². The van der Waals surface area contributed by atoms with Gasteiger partial charge in [-0.15, -0.1) is 0 Å². The van der Waals surface area contributed by atoms with Gasteiger partial charge in [0.05, 0.1) is 11.6 Å². The number of nitrogens with zero attached hydrogens (tertiary/aromatic N) is 2. The standard InChI is InChI=1S/C20H22F3N5O/c21-20(22,23)17(24)12-6-8-13(9-7-12)26-18-16-15(10-11-25-19(16)29)28(27-18)14-4-2-1-3-5-14/h6-11,14,17H,1-5,24H2,(H,25,29)(H,26,27)/t17-/m1/s1. The number of benzene rings is 1. The first kappa shape index (κ1) is 19.5. The van der Waals surface area contributed by atoms with E-state index in [0.717, 1.165) is 31.2 Å². The van der Waals surface area contributed by atoms with Crippen molar-refractivity contribution >= 4 is 22.4 Å². The number of H-pyrrole nitrogens is 1. The summed E-state index contributed by atoms with van der Waals surface area (Å²) in [5.41, 5.74) is 6.24. The van der Waals surface area contributed by atoms with Gasteiger partial charge in [-0.3, -0.25) is 9.48 Å². The number of pyridine rings is 1. The fourth-order valence-corrected chi connectivity index (χ4v) is 3.89. The van der Waals surface area contributed by atoms with Crippen molar-refractivity contribution in [2.45, 2.75) is 50.4 Å². The molecule has 1 aliphatic carbocycles. The molecule has 1 saturated carbocycles. The lowest BCUT2D eigenvalue weighted by molar-refractivity contribution is -0.149. The second kappa shape index (κ2) is 7.55. The Morgan fingerprint density at radius 3 is 2.48 bits per heavy atom. The number of halogens is 3. The van der Waals surface area contributed by atoms with Gasteiger partial charge in [-0.05, 0) is 36.6 Å². The Morgan fingerprint density at radius 2 is 1.83 bits per heavy atom. The molecule has 6 nitrogen and oxygen atoms in total. The summed E-state index contributed by atoms with van der Waals surface area (Å²) in [6, 6.07) is 5.68. The molecule has 29 heavy (non-hydrogen) atoms. The lowest BCUT2D eigenvalue weighted by Crippen LogP contribution is -2.28. The predicted molar refractivity (Wildman–Crippen MR) is 105 cm³/mol. The third kappa shape index (κ3) is 3.87. The molecule has 9 heteroatoms. The largest absolute Gasteiger partial charge is 0.407 e. The molecule has 0 bridgehead atoms. The van der Waals surface area contributed by atoms with Gasteiger partial charge in [0, 0.05) is 11.9 Å². The number of fused-ring (bicyclic) bond motifs is 1. The van der Waals surface area contributed by atoms with E-state index in [2.05, 4.69) is 15.4 Å². The Labute approximate surface area is 164 Å². The highest BCUT2D eigenvalue weighted by Crippen LogP contribution is 2.34. The number of anilines is 2. The summed E-state index contributed by atoms with van der Waals surface area (Å²) in [6.45, 7) is 0. The molecule has 4 rings (SSSR count). The number of rotatable bonds is 4. The van der Waals surface area contributed by atoms with E-state index in [0.29, 0.717) is 16.9 Å². The molecular weight excluding hydrogens is 383 g/mol. The minimum absolute atomic E-state index is 0.0292. The van der Waals surface area contributed by atoms with Gasteiger partial charge in [0.1, 0.15) is 11.4 Å². The van der Waals surface area contributed by atoms with Gasteiger partial charge in [0.2, 0.25) is 0 Å². The highest BCUT2D eigenvalue weighted by Gasteiger charge is 2.37. The van der Waals surface area contributed by atoms with Crippen LogP contribution in [0.4, 0.5) is 24.7 Å². The number of nitrogens with two attached hydrogens (primary N) is 1. The van der Waals surface area contributed by atoms with Crippen LogP contribution in [0.1, 0.15) is 49.8 Å². The summed E-state index contributed by atoms with van der Waals surface area (Å²) in [6.07, 6.45) is 2.56. The fraction of sp³-hybridized carbons (Fsp3) is 0.400. The minimum atomic E-state index is -4.50. The van der Waals surface area contributed by atoms with Gasteiger partial charge in [-0.25, -0.2) is 0 Å². The van der Waals surface area contributed by atoms with E-state index in [4.69, 9.17) is 5.73 Å². The van der Waals surface area contributed by atoms with Crippen LogP contribution in [0.15, 0.2) is 41.3 Å². The van der Waals surface area contributed by atoms with E-state index in [1.165, 1.54) is 30.7 Å². The number of nitrogens with one attached hydrogen (secondary N) is 2. The van der Waals surface area contributed by atoms with Crippen LogP contribution < -0.4 is 16.6 Å². The van der Waals surface area contributed by atoms with Gasteiger partial charge < -0.3 is 16.0 Å². The summed E-state index contributed by atoms with van der Waals surface area (Å²) in [4.78, 5) is 15.1. The quantitative estimate of drug-likeness (QED) is 0.595. The van der Waals surface area contributed by atoms with Crippen LogP contribution >= 0.6 is 0 Å². The van der Waals surface area contributed by atoms with Crippen molar-refractivity contribution in [3.63, 3.8) is 0 Å². The van der Waals surface area contributed by atoms with Gasteiger partial charge >= 0.3 is 6.18 Å². The highest BCUT2D eigenvalue weighted by atomic mass is 19.4. The van der Waals surface area contributed by atoms with Crippen molar-refractivity contribution in [2.75, 3.05) is 5.32 Å². The van der Waals surface area contributed by atoms with E-state index >= 15 is 0 Å². The molecule has 1 aliphatic rings. The van der Waals surface area contributed by atoms with Crippen molar-refractivity contribution in [3.05, 3.63) is 52.4 Å². The van der Waals surface area contributed by atoms with Crippen molar-refractivity contribution in [1.82, 2.24) is 14.8 Å². The zero-order valence-electron chi connectivity index (χ0n) is 15.7. The van der Waals surface area contributed by atoms with Crippen LogP contribution in [0.25, 0.3) is 10.9 Å². The number of aromatic amines is 1. The van der Waals surface area contributed by atoms with Crippen molar-refractivity contribution in [2.24, 2.45) is 5.73 Å². The van der Waals surface area contributed by atoms with E-state index in [9.17, 15) is 18.0 Å². The molecule has 0 aliphatic heterocycles. The third-order valence-corrected chi connectivity index (χ3v) is 5.44. The summed E-state index contributed by atoms with van der Waals surface area (Å²) in [5, 5.41) is 8.16. The first-order valence-corrected chi connectivity index (χ1v) is 9.64. The molecule has 0 amide bonds. The third-order valence-electron chi connectivity index (χ3n) is 5.44. The maximum absolute atomic E-state index is 12.8. The summed E-state index contributed by atoms with van der Waals surface area (Å²) in [5.74, 6) is 0.389. The number of hydrogen-bond acceptors (Lipinski definition) is 4. The second-order valence-electron chi connectivity index (χ2n) is 7.42. The second-order valence-corrected chi connectivity index (χ2v) is 7.42. The zero-order chi connectivity index (χ0) is 20.6. The minimum Gasteiger partial charge on any atom is -0.338 e. The Bertz CT molecular complexity index is 1050. The molecule has 2 aromatic heterocycles. The van der Waals surface area contributed by atoms with E-state index in [1.807, 2.05) is 10.7 Å². The normalized spacial score (nSPS) is 16.8. The zero-order valence-corrected chi connectivity index (χ0v) is 15.7. The Hall–Kier alpha value is -2.81. The average Bonchev–Trinajstić information content (AvgIpc) is 3.08. The lowest BCUT2D eigenvalue weighted by Gasteiger charge is -2.22. The molecule has 1 aromatic carbocycles. The predicted octanol–water partition coefficient (Wildman–Crippen LogP) is 4.54. The molecule has 0 saturated heterocycles. The van der Waals surface area contributed by atoms with Gasteiger partial charge in [-0.2, -0.15) is 18.3 Å². The van der Waals surface area contributed by atoms with Crippen LogP contribution in [0.2, 0.25) is 0 Å². The molecular formula is C20H22F3N5O. The number of hydrogen-bond donors (Lipinski definition) is 3. The van der Waals surface area contributed by atoms with E-state index in [1.54, 1.807) is 6.20 Å². The number of aromatic nitrogens is 3. The topological polar surface area (TPSA) is 88.7 Å². The summed E-state index contributed by atoms with van der Waals surface area (Å²) < 4.78 is 40.3. The average molecular weight is 405 g/mol. The SMILES string of the molecule is N[C@H](c1ccc(Nc2nn(C3CCCCC3)c3cc[nH]c(=O)c23)cc1)C(F)(F)F. The van der Waals surface area contributed by atoms with Crippen LogP contribution in [0.3, 0.4) is 0 Å². The van der Waals surface area contributed by atoms with Crippen molar-refractivity contribution < 1.29 is 13.2 Å². The molecule has 1 atom stereocenters. The van der Waals surface area contributed by atoms with Gasteiger partial charge in [0.25, 0.3) is 5.56 Å². The Morgan fingerprint density at radius 1 is 1.14 bits per heavy atom. The molecule has 0 spiro atoms. The first-order valence-electron chi connectivity index (χ1n) is 9.64. The summed E-state index contributed by atoms with van der Waals surface area (Å²) >= 11 is 0. The molecule has 2 heterocycles. The molecule has 0 unspecified atom stereocenters. The van der Waals surface area contributed by atoms with Crippen LogP contribution in [0, 0.1) is 0 Å².